The van der Waals surface area contributed by atoms with Gasteiger partial charge in [0, 0.05) is 12.1 Å². The molecule has 16 nitrogen and oxygen atoms in total. The first-order valence-electron chi connectivity index (χ1n) is 14.3. The Morgan fingerprint density at radius 3 is 1.24 bits per heavy atom. The molecule has 0 saturated heterocycles. The first-order chi connectivity index (χ1) is 23.9. The number of nitrogen functional groups attached to an aromatic ring is 2. The second-order valence-electron chi connectivity index (χ2n) is 10.9. The zero-order valence-electron chi connectivity index (χ0n) is 25.6. The van der Waals surface area contributed by atoms with E-state index in [0.717, 1.165) is 24.3 Å². The summed E-state index contributed by atoms with van der Waals surface area (Å²) < 4.78 is 92.5. The third-order valence-electron chi connectivity index (χ3n) is 7.53. The average Bonchev–Trinajstić information content (AvgIpc) is 3.07. The van der Waals surface area contributed by atoms with Crippen LogP contribution in [0.15, 0.2) is 137 Å². The summed E-state index contributed by atoms with van der Waals surface area (Å²) in [5.41, 5.74) is 12.4. The summed E-state index contributed by atoms with van der Waals surface area (Å²) in [7, 11) is -13.4. The lowest BCUT2D eigenvalue weighted by atomic mass is 10.1. The van der Waals surface area contributed by atoms with E-state index in [4.69, 9.17) is 11.5 Å². The van der Waals surface area contributed by atoms with Crippen LogP contribution in [0.4, 0.5) is 34.1 Å². The molecule has 0 unspecified atom stereocenters. The maximum Gasteiger partial charge on any atom is 0.294 e. The van der Waals surface area contributed by atoms with Crippen molar-refractivity contribution in [2.45, 2.75) is 19.6 Å². The SMILES string of the molecule is Nc1ccc2cc(S(=O)(=O)O)cc(O)c2c1N=Nc1cccc(S(=O)(=O)c2cccc(N=Nc3c(N)ccc4cc(S(=O)(=O)O)cc(O)c34)c2)c1. The van der Waals surface area contributed by atoms with Crippen molar-refractivity contribution in [2.75, 3.05) is 11.5 Å². The van der Waals surface area contributed by atoms with E-state index >= 15 is 0 Å². The molecule has 0 aliphatic carbocycles. The van der Waals surface area contributed by atoms with Crippen LogP contribution >= 0.6 is 0 Å². The van der Waals surface area contributed by atoms with Crippen LogP contribution in [0.5, 0.6) is 11.5 Å². The van der Waals surface area contributed by atoms with Crippen molar-refractivity contribution in [3.8, 4) is 11.5 Å². The number of nitrogens with zero attached hydrogens (tertiary/aromatic N) is 4. The van der Waals surface area contributed by atoms with E-state index in [0.29, 0.717) is 0 Å². The molecule has 0 spiro atoms. The summed E-state index contributed by atoms with van der Waals surface area (Å²) in [5.74, 6) is -1.08. The minimum absolute atomic E-state index is 0.0303. The summed E-state index contributed by atoms with van der Waals surface area (Å²) in [6, 6.07) is 20.5. The molecule has 6 aromatic rings. The van der Waals surface area contributed by atoms with E-state index in [1.165, 1.54) is 72.8 Å². The second kappa shape index (κ2) is 12.7. The quantitative estimate of drug-likeness (QED) is 0.0537. The maximum absolute atomic E-state index is 13.7. The Labute approximate surface area is 289 Å². The first kappa shape index (κ1) is 34.9. The van der Waals surface area contributed by atoms with E-state index in [1.54, 1.807) is 0 Å². The number of rotatable bonds is 8. The van der Waals surface area contributed by atoms with E-state index < -0.39 is 51.4 Å². The number of anilines is 2. The van der Waals surface area contributed by atoms with Gasteiger partial charge in [-0.2, -0.15) is 27.1 Å². The zero-order valence-corrected chi connectivity index (χ0v) is 28.1. The van der Waals surface area contributed by atoms with Gasteiger partial charge in [0.2, 0.25) is 9.84 Å². The topological polar surface area (TPSA) is 285 Å². The number of sulfone groups is 1. The van der Waals surface area contributed by atoms with E-state index in [2.05, 4.69) is 20.5 Å². The van der Waals surface area contributed by atoms with Gasteiger partial charge in [-0.1, -0.05) is 24.3 Å². The van der Waals surface area contributed by atoms with Crippen molar-refractivity contribution in [3.05, 3.63) is 97.1 Å². The molecule has 8 N–H and O–H groups in total. The van der Waals surface area contributed by atoms with Gasteiger partial charge in [0.05, 0.1) is 53.1 Å². The summed E-state index contributed by atoms with van der Waals surface area (Å²) in [4.78, 5) is -1.43. The number of aromatic hydroxyl groups is 2. The fourth-order valence-electron chi connectivity index (χ4n) is 5.12. The highest BCUT2D eigenvalue weighted by atomic mass is 32.2. The van der Waals surface area contributed by atoms with E-state index in [1.807, 2.05) is 0 Å². The Hall–Kier alpha value is -5.99. The maximum atomic E-state index is 13.7. The average molecular weight is 749 g/mol. The van der Waals surface area contributed by atoms with Crippen LogP contribution in [0.3, 0.4) is 0 Å². The molecule has 6 aromatic carbocycles. The number of hydrogen-bond acceptors (Lipinski definition) is 14. The van der Waals surface area contributed by atoms with Gasteiger partial charge in [-0.15, -0.1) is 10.2 Å². The van der Waals surface area contributed by atoms with Gasteiger partial charge in [0.1, 0.15) is 22.9 Å². The van der Waals surface area contributed by atoms with Crippen molar-refractivity contribution >= 4 is 85.7 Å². The van der Waals surface area contributed by atoms with Crippen LogP contribution in [0.25, 0.3) is 21.5 Å². The second-order valence-corrected chi connectivity index (χ2v) is 15.7. The fraction of sp³-hybridized carbons (Fsp3) is 0. The lowest BCUT2D eigenvalue weighted by molar-refractivity contribution is 0.470. The Morgan fingerprint density at radius 2 is 0.863 bits per heavy atom. The molecule has 260 valence electrons. The van der Waals surface area contributed by atoms with Crippen LogP contribution in [0.2, 0.25) is 0 Å². The lowest BCUT2D eigenvalue weighted by Gasteiger charge is -2.09. The summed E-state index contributed by atoms with van der Waals surface area (Å²) >= 11 is 0. The highest BCUT2D eigenvalue weighted by molar-refractivity contribution is 7.91. The molecular formula is C32H24N6O10S3. The van der Waals surface area contributed by atoms with E-state index in [-0.39, 0.29) is 65.5 Å². The zero-order chi connectivity index (χ0) is 36.9. The van der Waals surface area contributed by atoms with Gasteiger partial charge >= 0.3 is 0 Å². The van der Waals surface area contributed by atoms with Gasteiger partial charge in [-0.05, 0) is 71.4 Å². The van der Waals surface area contributed by atoms with Gasteiger partial charge in [-0.25, -0.2) is 8.42 Å². The van der Waals surface area contributed by atoms with Gasteiger partial charge in [0.15, 0.2) is 0 Å². The predicted octanol–water partition coefficient (Wildman–Crippen LogP) is 6.73. The van der Waals surface area contributed by atoms with Crippen LogP contribution < -0.4 is 11.5 Å². The highest BCUT2D eigenvalue weighted by Gasteiger charge is 2.21. The number of benzene rings is 6. The Morgan fingerprint density at radius 1 is 0.471 bits per heavy atom. The smallest absolute Gasteiger partial charge is 0.294 e. The molecule has 0 fully saturated rings. The molecule has 19 heteroatoms. The monoisotopic (exact) mass is 748 g/mol. The third-order valence-corrected chi connectivity index (χ3v) is 10.9. The van der Waals surface area contributed by atoms with Crippen LogP contribution in [0.1, 0.15) is 0 Å². The number of hydrogen-bond donors (Lipinski definition) is 6. The molecule has 0 aliphatic heterocycles. The standard InChI is InChI=1S/C32H24N6O10S3/c33-25-9-7-17-11-23(50(43,44)45)15-27(39)29(17)31(25)37-35-19-3-1-5-21(13-19)49(41,42)22-6-2-4-20(14-22)36-38-32-26(34)10-8-18-12-24(51(46,47)48)16-28(40)30(18)32/h1-16,39-40H,33-34H2,(H,43,44,45)(H,46,47,48). The number of phenolic OH excluding ortho intramolecular Hbond substituents is 2. The summed E-state index contributed by atoms with van der Waals surface area (Å²) in [5, 5.41) is 38.0. The van der Waals surface area contributed by atoms with Crippen molar-refractivity contribution in [3.63, 3.8) is 0 Å². The van der Waals surface area contributed by atoms with Crippen LogP contribution in [0, 0.1) is 0 Å². The number of phenols is 2. The molecule has 0 aliphatic rings. The normalized spacial score (nSPS) is 12.7. The largest absolute Gasteiger partial charge is 0.507 e. The van der Waals surface area contributed by atoms with Gasteiger partial charge in [0.25, 0.3) is 20.2 Å². The fourth-order valence-corrected chi connectivity index (χ4v) is 7.53. The molecule has 6 rings (SSSR count). The van der Waals surface area contributed by atoms with Crippen LogP contribution in [-0.4, -0.2) is 44.6 Å². The van der Waals surface area contributed by atoms with Crippen molar-refractivity contribution in [2.24, 2.45) is 20.5 Å². The number of nitrogens with two attached hydrogens (primary N) is 2. The lowest BCUT2D eigenvalue weighted by Crippen LogP contribution is -2.01. The molecule has 0 saturated carbocycles. The Kier molecular flexibility index (Phi) is 8.69. The summed E-state index contributed by atoms with van der Waals surface area (Å²) in [6.45, 7) is 0. The van der Waals surface area contributed by atoms with Crippen molar-refractivity contribution in [1.29, 1.82) is 0 Å². The molecule has 0 amide bonds. The van der Waals surface area contributed by atoms with Crippen LogP contribution in [-0.2, 0) is 30.1 Å². The van der Waals surface area contributed by atoms with Gasteiger partial charge in [-0.3, -0.25) is 9.11 Å². The molecule has 0 radical (unpaired) electrons. The number of fused-ring (bicyclic) bond motifs is 2. The molecule has 51 heavy (non-hydrogen) atoms. The summed E-state index contributed by atoms with van der Waals surface area (Å²) in [6.07, 6.45) is 0. The minimum Gasteiger partial charge on any atom is -0.507 e. The Balaban J connectivity index is 1.32. The molecule has 0 aromatic heterocycles. The van der Waals surface area contributed by atoms with E-state index in [9.17, 15) is 44.6 Å². The Bertz CT molecular complexity index is 2640. The van der Waals surface area contributed by atoms with Crippen molar-refractivity contribution < 1.29 is 44.6 Å². The molecule has 0 bridgehead atoms. The minimum atomic E-state index is -4.62. The molecule has 0 atom stereocenters. The molecular weight excluding hydrogens is 725 g/mol. The first-order valence-corrected chi connectivity index (χ1v) is 18.6. The van der Waals surface area contributed by atoms with Gasteiger partial charge < -0.3 is 21.7 Å². The van der Waals surface area contributed by atoms with Crippen molar-refractivity contribution in [1.82, 2.24) is 0 Å². The number of azo groups is 2. The third kappa shape index (κ3) is 6.91. The molecule has 0 heterocycles. The highest BCUT2D eigenvalue weighted by Crippen LogP contribution is 2.42. The predicted molar refractivity (Wildman–Crippen MR) is 186 cm³/mol.